The van der Waals surface area contributed by atoms with Crippen molar-refractivity contribution in [1.29, 1.82) is 0 Å². The van der Waals surface area contributed by atoms with Gasteiger partial charge in [-0.05, 0) is 38.6 Å². The molecule has 0 aliphatic rings. The van der Waals surface area contributed by atoms with Crippen LogP contribution in [0, 0.1) is 0 Å². The van der Waals surface area contributed by atoms with Crippen LogP contribution in [0.5, 0.6) is 0 Å². The maximum atomic E-state index is 12.8. The molecule has 1 aromatic carbocycles. The first-order chi connectivity index (χ1) is 7.88. The molecule has 0 amide bonds. The molecule has 0 aliphatic heterocycles. The molecular weight excluding hydrogens is 227 g/mol. The van der Waals surface area contributed by atoms with Crippen LogP contribution in [-0.4, -0.2) is 18.5 Å². The number of halogens is 3. The Morgan fingerprint density at radius 1 is 1.24 bits per heavy atom. The Hall–Kier alpha value is -1.03. The Labute approximate surface area is 100 Å². The molecule has 0 spiro atoms. The number of nitrogens with zero attached hydrogens (tertiary/aromatic N) is 1. The van der Waals surface area contributed by atoms with E-state index in [1.54, 1.807) is 19.1 Å². The van der Waals surface area contributed by atoms with E-state index in [2.05, 4.69) is 0 Å². The maximum absolute atomic E-state index is 12.8. The molecule has 0 N–H and O–H groups in total. The van der Waals surface area contributed by atoms with Crippen molar-refractivity contribution in [2.75, 3.05) is 13.6 Å². The predicted molar refractivity (Wildman–Crippen MR) is 62.8 cm³/mol. The molecule has 0 aliphatic carbocycles. The van der Waals surface area contributed by atoms with E-state index in [0.717, 1.165) is 19.0 Å². The van der Waals surface area contributed by atoms with Gasteiger partial charge < -0.3 is 0 Å². The lowest BCUT2D eigenvalue weighted by Gasteiger charge is -2.27. The van der Waals surface area contributed by atoms with Gasteiger partial charge >= 0.3 is 6.18 Å². The SMILES string of the molecule is CCCN(C)[C@@H](C)c1ccccc1C(F)(F)F. The second-order valence-electron chi connectivity index (χ2n) is 4.24. The molecule has 1 aromatic rings. The van der Waals surface area contributed by atoms with Crippen molar-refractivity contribution in [1.82, 2.24) is 4.90 Å². The van der Waals surface area contributed by atoms with Crippen LogP contribution >= 0.6 is 0 Å². The summed E-state index contributed by atoms with van der Waals surface area (Å²) in [5.41, 5.74) is -0.189. The van der Waals surface area contributed by atoms with E-state index in [1.165, 1.54) is 6.07 Å². The highest BCUT2D eigenvalue weighted by Crippen LogP contribution is 2.35. The Morgan fingerprint density at radius 3 is 2.35 bits per heavy atom. The lowest BCUT2D eigenvalue weighted by atomic mass is 10.00. The zero-order valence-corrected chi connectivity index (χ0v) is 10.4. The van der Waals surface area contributed by atoms with Crippen LogP contribution in [0.1, 0.15) is 37.4 Å². The van der Waals surface area contributed by atoms with Crippen molar-refractivity contribution < 1.29 is 13.2 Å². The van der Waals surface area contributed by atoms with Crippen LogP contribution in [0.25, 0.3) is 0 Å². The second kappa shape index (κ2) is 5.54. The molecule has 1 rings (SSSR count). The first-order valence-corrected chi connectivity index (χ1v) is 5.74. The molecular formula is C13H18F3N. The third kappa shape index (κ3) is 3.46. The van der Waals surface area contributed by atoms with Gasteiger partial charge in [-0.1, -0.05) is 25.1 Å². The van der Waals surface area contributed by atoms with Crippen LogP contribution in [0.3, 0.4) is 0 Å². The number of hydrogen-bond acceptors (Lipinski definition) is 1. The monoisotopic (exact) mass is 245 g/mol. The minimum Gasteiger partial charge on any atom is -0.300 e. The lowest BCUT2D eigenvalue weighted by molar-refractivity contribution is -0.138. The minimum atomic E-state index is -4.28. The lowest BCUT2D eigenvalue weighted by Crippen LogP contribution is -2.25. The van der Waals surface area contributed by atoms with Gasteiger partial charge in [-0.3, -0.25) is 4.90 Å². The van der Waals surface area contributed by atoms with Crippen LogP contribution < -0.4 is 0 Å². The highest BCUT2D eigenvalue weighted by molar-refractivity contribution is 5.32. The molecule has 0 heterocycles. The van der Waals surface area contributed by atoms with E-state index in [1.807, 2.05) is 18.9 Å². The van der Waals surface area contributed by atoms with Gasteiger partial charge in [-0.2, -0.15) is 13.2 Å². The molecule has 0 bridgehead atoms. The molecule has 0 radical (unpaired) electrons. The van der Waals surface area contributed by atoms with Crippen LogP contribution in [-0.2, 0) is 6.18 Å². The van der Waals surface area contributed by atoms with E-state index < -0.39 is 11.7 Å². The van der Waals surface area contributed by atoms with Crippen LogP contribution in [0.4, 0.5) is 13.2 Å². The molecule has 1 atom stereocenters. The summed E-state index contributed by atoms with van der Waals surface area (Å²) >= 11 is 0. The van der Waals surface area contributed by atoms with Crippen LogP contribution in [0.15, 0.2) is 24.3 Å². The Morgan fingerprint density at radius 2 is 1.82 bits per heavy atom. The fourth-order valence-electron chi connectivity index (χ4n) is 1.90. The van der Waals surface area contributed by atoms with Crippen molar-refractivity contribution in [2.24, 2.45) is 0 Å². The molecule has 0 saturated heterocycles. The number of hydrogen-bond donors (Lipinski definition) is 0. The Balaban J connectivity index is 3.05. The average molecular weight is 245 g/mol. The fraction of sp³-hybridized carbons (Fsp3) is 0.538. The second-order valence-corrected chi connectivity index (χ2v) is 4.24. The summed E-state index contributed by atoms with van der Waals surface area (Å²) in [7, 11) is 1.85. The van der Waals surface area contributed by atoms with Crippen molar-refractivity contribution in [3.05, 3.63) is 35.4 Å². The third-order valence-electron chi connectivity index (χ3n) is 2.95. The number of benzene rings is 1. The van der Waals surface area contributed by atoms with Crippen molar-refractivity contribution in [3.63, 3.8) is 0 Å². The minimum absolute atomic E-state index is 0.229. The van der Waals surface area contributed by atoms with Gasteiger partial charge in [-0.25, -0.2) is 0 Å². The van der Waals surface area contributed by atoms with Gasteiger partial charge in [0.1, 0.15) is 0 Å². The summed E-state index contributed by atoms with van der Waals surface area (Å²) in [6, 6.07) is 5.55. The van der Waals surface area contributed by atoms with Crippen molar-refractivity contribution in [2.45, 2.75) is 32.5 Å². The molecule has 0 saturated carbocycles. The van der Waals surface area contributed by atoms with Crippen LogP contribution in [0.2, 0.25) is 0 Å². The van der Waals surface area contributed by atoms with E-state index in [0.29, 0.717) is 5.56 Å². The summed E-state index contributed by atoms with van der Waals surface area (Å²) in [6.45, 7) is 4.60. The molecule has 1 nitrogen and oxygen atoms in total. The van der Waals surface area contributed by atoms with Gasteiger partial charge in [0.2, 0.25) is 0 Å². The van der Waals surface area contributed by atoms with Gasteiger partial charge in [0.05, 0.1) is 5.56 Å². The summed E-state index contributed by atoms with van der Waals surface area (Å²) in [4.78, 5) is 1.94. The maximum Gasteiger partial charge on any atom is 0.416 e. The highest BCUT2D eigenvalue weighted by atomic mass is 19.4. The van der Waals surface area contributed by atoms with Crippen molar-refractivity contribution in [3.8, 4) is 0 Å². The number of rotatable bonds is 4. The fourth-order valence-corrected chi connectivity index (χ4v) is 1.90. The standard InChI is InChI=1S/C13H18F3N/c1-4-9-17(3)10(2)11-7-5-6-8-12(11)13(14,15)16/h5-8,10H,4,9H2,1-3H3/t10-/m0/s1. The average Bonchev–Trinajstić information content (AvgIpc) is 2.27. The largest absolute Gasteiger partial charge is 0.416 e. The third-order valence-corrected chi connectivity index (χ3v) is 2.95. The van der Waals surface area contributed by atoms with Gasteiger partial charge in [-0.15, -0.1) is 0 Å². The summed E-state index contributed by atoms with van der Waals surface area (Å²) in [5.74, 6) is 0. The van der Waals surface area contributed by atoms with Gasteiger partial charge in [0.25, 0.3) is 0 Å². The molecule has 96 valence electrons. The van der Waals surface area contributed by atoms with Gasteiger partial charge in [0.15, 0.2) is 0 Å². The highest BCUT2D eigenvalue weighted by Gasteiger charge is 2.34. The zero-order chi connectivity index (χ0) is 13.1. The Bertz CT molecular complexity index is 360. The predicted octanol–water partition coefficient (Wildman–Crippen LogP) is 4.11. The number of alkyl halides is 3. The molecule has 0 aromatic heterocycles. The first-order valence-electron chi connectivity index (χ1n) is 5.74. The van der Waals surface area contributed by atoms with E-state index in [4.69, 9.17) is 0 Å². The molecule has 4 heteroatoms. The van der Waals surface area contributed by atoms with E-state index >= 15 is 0 Å². The van der Waals surface area contributed by atoms with E-state index in [9.17, 15) is 13.2 Å². The van der Waals surface area contributed by atoms with Crippen molar-refractivity contribution >= 4 is 0 Å². The van der Waals surface area contributed by atoms with E-state index in [-0.39, 0.29) is 6.04 Å². The summed E-state index contributed by atoms with van der Waals surface area (Å²) < 4.78 is 38.5. The Kier molecular flexibility index (Phi) is 4.57. The molecule has 17 heavy (non-hydrogen) atoms. The summed E-state index contributed by atoms with van der Waals surface area (Å²) in [5, 5.41) is 0. The first kappa shape index (κ1) is 14.0. The molecule has 0 fully saturated rings. The quantitative estimate of drug-likeness (QED) is 0.771. The molecule has 0 unspecified atom stereocenters. The van der Waals surface area contributed by atoms with Gasteiger partial charge in [0, 0.05) is 6.04 Å². The topological polar surface area (TPSA) is 3.24 Å². The summed E-state index contributed by atoms with van der Waals surface area (Å²) in [6.07, 6.45) is -3.35. The smallest absolute Gasteiger partial charge is 0.300 e. The zero-order valence-electron chi connectivity index (χ0n) is 10.4. The normalized spacial score (nSPS) is 14.1.